The third-order valence-corrected chi connectivity index (χ3v) is 4.67. The van der Waals surface area contributed by atoms with E-state index in [9.17, 15) is 0 Å². The van der Waals surface area contributed by atoms with Gasteiger partial charge in [-0.1, -0.05) is 36.7 Å². The fraction of sp³-hybridized carbons (Fsp3) is 0.647. The molecule has 1 N–H and O–H groups in total. The number of nitrogens with one attached hydrogen (secondary N) is 1. The van der Waals surface area contributed by atoms with E-state index >= 15 is 0 Å². The predicted molar refractivity (Wildman–Crippen MR) is 91.7 cm³/mol. The van der Waals surface area contributed by atoms with Gasteiger partial charge in [0.15, 0.2) is 0 Å². The molecule has 0 amide bonds. The fourth-order valence-electron chi connectivity index (χ4n) is 3.11. The lowest BCUT2D eigenvalue weighted by Crippen LogP contribution is -2.46. The molecule has 0 saturated carbocycles. The van der Waals surface area contributed by atoms with Crippen LogP contribution in [0.2, 0.25) is 0 Å². The Labute approximate surface area is 132 Å². The molecule has 2 rings (SSSR count). The van der Waals surface area contributed by atoms with Gasteiger partial charge in [-0.2, -0.15) is 0 Å². The van der Waals surface area contributed by atoms with Crippen molar-refractivity contribution in [1.82, 2.24) is 5.32 Å². The molecule has 1 saturated heterocycles. The molecule has 1 aliphatic rings. The van der Waals surface area contributed by atoms with Crippen molar-refractivity contribution in [3.05, 3.63) is 27.7 Å². The minimum Gasteiger partial charge on any atom is -0.369 e. The van der Waals surface area contributed by atoms with Crippen molar-refractivity contribution in [3.8, 4) is 0 Å². The lowest BCUT2D eigenvalue weighted by molar-refractivity contribution is 0.280. The van der Waals surface area contributed by atoms with Gasteiger partial charge in [-0.15, -0.1) is 0 Å². The van der Waals surface area contributed by atoms with E-state index in [1.807, 2.05) is 0 Å². The maximum Gasteiger partial charge on any atom is 0.0426 e. The van der Waals surface area contributed by atoms with Gasteiger partial charge in [0.05, 0.1) is 0 Å². The lowest BCUT2D eigenvalue weighted by atomic mass is 9.86. The quantitative estimate of drug-likeness (QED) is 0.822. The summed E-state index contributed by atoms with van der Waals surface area (Å²) in [5, 5.41) is 3.72. The molecule has 1 fully saturated rings. The summed E-state index contributed by atoms with van der Waals surface area (Å²) in [5.41, 5.74) is 4.45. The minimum absolute atomic E-state index is 0.291. The Morgan fingerprint density at radius 1 is 1.20 bits per heavy atom. The smallest absolute Gasteiger partial charge is 0.0426 e. The van der Waals surface area contributed by atoms with Gasteiger partial charge in [0, 0.05) is 29.3 Å². The Kier molecular flexibility index (Phi) is 4.80. The minimum atomic E-state index is 0.291. The summed E-state index contributed by atoms with van der Waals surface area (Å²) in [6.45, 7) is 14.8. The molecule has 20 heavy (non-hydrogen) atoms. The maximum absolute atomic E-state index is 3.72. The second-order valence-corrected chi connectivity index (χ2v) is 7.98. The Morgan fingerprint density at radius 2 is 1.80 bits per heavy atom. The highest BCUT2D eigenvalue weighted by molar-refractivity contribution is 9.10. The Hall–Kier alpha value is -0.540. The fourth-order valence-corrected chi connectivity index (χ4v) is 3.79. The van der Waals surface area contributed by atoms with Gasteiger partial charge in [0.2, 0.25) is 0 Å². The zero-order valence-corrected chi connectivity index (χ0v) is 15.0. The van der Waals surface area contributed by atoms with Gasteiger partial charge in [-0.05, 0) is 55.5 Å². The lowest BCUT2D eigenvalue weighted by Gasteiger charge is -2.35. The number of rotatable bonds is 1. The molecule has 0 spiro atoms. The van der Waals surface area contributed by atoms with Crippen LogP contribution < -0.4 is 10.2 Å². The molecule has 1 unspecified atom stereocenters. The summed E-state index contributed by atoms with van der Waals surface area (Å²) in [6.07, 6.45) is 1.21. The van der Waals surface area contributed by atoms with Gasteiger partial charge in [0.25, 0.3) is 0 Å². The van der Waals surface area contributed by atoms with Crippen molar-refractivity contribution >= 4 is 21.6 Å². The molecular weight excluding hydrogens is 312 g/mol. The summed E-state index contributed by atoms with van der Waals surface area (Å²) in [5.74, 6) is 0. The van der Waals surface area contributed by atoms with Crippen LogP contribution in [0.1, 0.15) is 38.3 Å². The van der Waals surface area contributed by atoms with Crippen molar-refractivity contribution < 1.29 is 0 Å². The number of benzene rings is 1. The van der Waals surface area contributed by atoms with Gasteiger partial charge in [-0.25, -0.2) is 0 Å². The van der Waals surface area contributed by atoms with E-state index in [0.29, 0.717) is 11.5 Å². The number of halogens is 1. The zero-order chi connectivity index (χ0) is 14.9. The number of hydrogen-bond acceptors (Lipinski definition) is 2. The normalized spacial score (nSPS) is 20.9. The van der Waals surface area contributed by atoms with Crippen LogP contribution in [0.4, 0.5) is 5.69 Å². The molecule has 1 heterocycles. The maximum atomic E-state index is 3.72. The van der Waals surface area contributed by atoms with Crippen molar-refractivity contribution in [2.24, 2.45) is 5.41 Å². The van der Waals surface area contributed by atoms with E-state index in [1.165, 1.54) is 27.7 Å². The molecule has 0 aromatic heterocycles. The van der Waals surface area contributed by atoms with Gasteiger partial charge in [0.1, 0.15) is 0 Å². The second-order valence-electron chi connectivity index (χ2n) is 7.06. The number of aryl methyl sites for hydroxylation is 2. The molecule has 112 valence electrons. The monoisotopic (exact) mass is 338 g/mol. The van der Waals surface area contributed by atoms with Gasteiger partial charge in [-0.3, -0.25) is 0 Å². The standard InChI is InChI=1S/C17H27BrN2/c1-12-9-14(18)10-13(2)16(12)20-8-6-7-19-15(11-20)17(3,4)5/h9-10,15,19H,6-8,11H2,1-5H3. The molecule has 1 aliphatic heterocycles. The molecule has 0 aliphatic carbocycles. The highest BCUT2D eigenvalue weighted by Gasteiger charge is 2.29. The average Bonchev–Trinajstić information content (AvgIpc) is 2.52. The summed E-state index contributed by atoms with van der Waals surface area (Å²) in [4.78, 5) is 2.58. The number of anilines is 1. The first-order valence-electron chi connectivity index (χ1n) is 7.54. The van der Waals surface area contributed by atoms with Crippen molar-refractivity contribution in [2.75, 3.05) is 24.5 Å². The van der Waals surface area contributed by atoms with Crippen molar-refractivity contribution in [3.63, 3.8) is 0 Å². The first kappa shape index (κ1) is 15.8. The average molecular weight is 339 g/mol. The van der Waals surface area contributed by atoms with Crippen LogP contribution in [-0.2, 0) is 0 Å². The van der Waals surface area contributed by atoms with Crippen LogP contribution in [0.3, 0.4) is 0 Å². The Balaban J connectivity index is 2.31. The summed E-state index contributed by atoms with van der Waals surface area (Å²) in [7, 11) is 0. The SMILES string of the molecule is Cc1cc(Br)cc(C)c1N1CCCNC(C(C)(C)C)C1. The van der Waals surface area contributed by atoms with E-state index in [4.69, 9.17) is 0 Å². The van der Waals surface area contributed by atoms with Crippen LogP contribution in [0.5, 0.6) is 0 Å². The molecule has 3 heteroatoms. The van der Waals surface area contributed by atoms with E-state index in [0.717, 1.165) is 19.6 Å². The zero-order valence-electron chi connectivity index (χ0n) is 13.4. The van der Waals surface area contributed by atoms with Crippen molar-refractivity contribution in [2.45, 2.75) is 47.1 Å². The number of hydrogen-bond donors (Lipinski definition) is 1. The number of nitrogens with zero attached hydrogens (tertiary/aromatic N) is 1. The van der Waals surface area contributed by atoms with Gasteiger partial charge >= 0.3 is 0 Å². The largest absolute Gasteiger partial charge is 0.369 e. The summed E-state index contributed by atoms with van der Waals surface area (Å²) < 4.78 is 1.18. The van der Waals surface area contributed by atoms with Crippen molar-refractivity contribution in [1.29, 1.82) is 0 Å². The molecule has 0 bridgehead atoms. The topological polar surface area (TPSA) is 15.3 Å². The van der Waals surface area contributed by atoms with Crippen LogP contribution in [0.25, 0.3) is 0 Å². The molecule has 1 aromatic rings. The molecule has 1 aromatic carbocycles. The summed E-state index contributed by atoms with van der Waals surface area (Å²) in [6, 6.07) is 4.99. The van der Waals surface area contributed by atoms with Crippen LogP contribution in [-0.4, -0.2) is 25.7 Å². The Bertz CT molecular complexity index is 453. The third kappa shape index (κ3) is 3.56. The Morgan fingerprint density at radius 3 is 2.35 bits per heavy atom. The van der Waals surface area contributed by atoms with E-state index in [1.54, 1.807) is 0 Å². The highest BCUT2D eigenvalue weighted by atomic mass is 79.9. The molecule has 2 nitrogen and oxygen atoms in total. The van der Waals surface area contributed by atoms with E-state index < -0.39 is 0 Å². The second kappa shape index (κ2) is 6.07. The molecule has 0 radical (unpaired) electrons. The summed E-state index contributed by atoms with van der Waals surface area (Å²) >= 11 is 3.60. The van der Waals surface area contributed by atoms with Crippen LogP contribution in [0.15, 0.2) is 16.6 Å². The predicted octanol–water partition coefficient (Wildman–Crippen LogP) is 4.28. The van der Waals surface area contributed by atoms with E-state index in [2.05, 4.69) is 72.9 Å². The first-order valence-corrected chi connectivity index (χ1v) is 8.33. The van der Waals surface area contributed by atoms with Gasteiger partial charge < -0.3 is 10.2 Å². The highest BCUT2D eigenvalue weighted by Crippen LogP contribution is 2.31. The van der Waals surface area contributed by atoms with E-state index in [-0.39, 0.29) is 0 Å². The van der Waals surface area contributed by atoms with Crippen LogP contribution in [0, 0.1) is 19.3 Å². The molecular formula is C17H27BrN2. The molecule has 1 atom stereocenters. The first-order chi connectivity index (χ1) is 9.29. The van der Waals surface area contributed by atoms with Crippen LogP contribution >= 0.6 is 15.9 Å². The third-order valence-electron chi connectivity index (χ3n) is 4.22.